The Morgan fingerprint density at radius 2 is 1.97 bits per heavy atom. The molecule has 3 aliphatic carbocycles. The molecule has 2 fully saturated rings. The van der Waals surface area contributed by atoms with E-state index in [1.165, 1.54) is 43.2 Å². The van der Waals surface area contributed by atoms with Gasteiger partial charge in [0.05, 0.1) is 5.54 Å². The van der Waals surface area contributed by atoms with Gasteiger partial charge in [0.2, 0.25) is 0 Å². The summed E-state index contributed by atoms with van der Waals surface area (Å²) in [5, 5.41) is 9.91. The monoisotopic (exact) mass is 407 g/mol. The quantitative estimate of drug-likeness (QED) is 0.566. The highest BCUT2D eigenvalue weighted by atomic mass is 16.3. The maximum Gasteiger partial charge on any atom is 0.115 e. The molecule has 2 nitrogen and oxygen atoms in total. The van der Waals surface area contributed by atoms with Crippen LogP contribution in [0.2, 0.25) is 0 Å². The van der Waals surface area contributed by atoms with E-state index in [1.807, 2.05) is 12.1 Å². The van der Waals surface area contributed by atoms with E-state index >= 15 is 0 Å². The van der Waals surface area contributed by atoms with Crippen molar-refractivity contribution in [3.63, 3.8) is 0 Å². The van der Waals surface area contributed by atoms with Gasteiger partial charge in [0.25, 0.3) is 0 Å². The third kappa shape index (κ3) is 3.69. The van der Waals surface area contributed by atoms with Crippen LogP contribution < -0.4 is 5.73 Å². The first-order valence-corrected chi connectivity index (χ1v) is 12.4. The van der Waals surface area contributed by atoms with E-state index < -0.39 is 0 Å². The van der Waals surface area contributed by atoms with E-state index in [2.05, 4.69) is 45.6 Å². The van der Waals surface area contributed by atoms with Crippen LogP contribution in [0.25, 0.3) is 0 Å². The van der Waals surface area contributed by atoms with Gasteiger partial charge in [-0.05, 0) is 110 Å². The van der Waals surface area contributed by atoms with Crippen LogP contribution >= 0.6 is 0 Å². The highest BCUT2D eigenvalue weighted by Crippen LogP contribution is 2.64. The summed E-state index contributed by atoms with van der Waals surface area (Å²) in [6.07, 6.45) is 10.7. The van der Waals surface area contributed by atoms with E-state index in [1.54, 1.807) is 0 Å². The van der Waals surface area contributed by atoms with E-state index in [9.17, 15) is 5.11 Å². The fraction of sp³-hybridized carbons (Fsp3) is 0.714. The van der Waals surface area contributed by atoms with Crippen molar-refractivity contribution in [3.8, 4) is 17.6 Å². The van der Waals surface area contributed by atoms with Gasteiger partial charge in [-0.15, -0.1) is 5.92 Å². The van der Waals surface area contributed by atoms with Crippen molar-refractivity contribution in [2.24, 2.45) is 34.8 Å². The zero-order valence-corrected chi connectivity index (χ0v) is 19.5. The molecule has 0 amide bonds. The van der Waals surface area contributed by atoms with Crippen LogP contribution in [0.3, 0.4) is 0 Å². The Morgan fingerprint density at radius 3 is 2.70 bits per heavy atom. The summed E-state index contributed by atoms with van der Waals surface area (Å²) >= 11 is 0. The average molecular weight is 408 g/mol. The van der Waals surface area contributed by atoms with Crippen molar-refractivity contribution < 1.29 is 5.11 Å². The number of phenolic OH excluding ortho intramolecular Hbond substituents is 1. The summed E-state index contributed by atoms with van der Waals surface area (Å²) in [7, 11) is 0. The number of aryl methyl sites for hydroxylation is 1. The lowest BCUT2D eigenvalue weighted by atomic mass is 9.53. The molecule has 0 aliphatic heterocycles. The number of hydrogen-bond donors (Lipinski definition) is 2. The zero-order valence-electron chi connectivity index (χ0n) is 19.5. The van der Waals surface area contributed by atoms with Crippen molar-refractivity contribution >= 4 is 0 Å². The fourth-order valence-electron chi connectivity index (χ4n) is 7.50. The number of nitrogens with two attached hydrogens (primary N) is 1. The number of aromatic hydroxyl groups is 1. The van der Waals surface area contributed by atoms with E-state index in [4.69, 9.17) is 5.73 Å². The number of hydrogen-bond acceptors (Lipinski definition) is 2. The van der Waals surface area contributed by atoms with Gasteiger partial charge in [-0.3, -0.25) is 0 Å². The Hall–Kier alpha value is -1.46. The van der Waals surface area contributed by atoms with Crippen LogP contribution in [0.1, 0.15) is 96.1 Å². The summed E-state index contributed by atoms with van der Waals surface area (Å²) < 4.78 is 0. The second-order valence-electron chi connectivity index (χ2n) is 10.9. The molecule has 164 valence electrons. The van der Waals surface area contributed by atoms with Gasteiger partial charge in [0.15, 0.2) is 0 Å². The maximum atomic E-state index is 9.91. The number of rotatable bonds is 4. The predicted molar refractivity (Wildman–Crippen MR) is 125 cm³/mol. The Labute approximate surface area is 184 Å². The molecule has 3 aliphatic rings. The van der Waals surface area contributed by atoms with Gasteiger partial charge in [-0.2, -0.15) is 0 Å². The van der Waals surface area contributed by atoms with Crippen molar-refractivity contribution in [2.45, 2.75) is 96.9 Å². The van der Waals surface area contributed by atoms with E-state index in [-0.39, 0.29) is 5.54 Å². The van der Waals surface area contributed by atoms with Crippen molar-refractivity contribution in [1.29, 1.82) is 0 Å². The summed E-state index contributed by atoms with van der Waals surface area (Å²) in [4.78, 5) is 0. The maximum absolute atomic E-state index is 9.91. The highest BCUT2D eigenvalue weighted by Gasteiger charge is 2.55. The molecule has 2 heteroatoms. The standard InChI is InChI=1S/C28H41NO/c1-5-28(29,6-2)16-7-8-19(3)25-13-14-26-24-11-9-20-18-21(30)10-12-22(20)23(24)15-17-27(25,26)4/h10,12,18-19,23-26,30H,5-6,8-9,11,13-15,17,29H2,1-4H3/t19-,23-,24-,25-,26+,27-/m1/s1. The lowest BCUT2D eigenvalue weighted by molar-refractivity contribution is 0.0122. The summed E-state index contributed by atoms with van der Waals surface area (Å²) in [5.74, 6) is 11.1. The van der Waals surface area contributed by atoms with Crippen molar-refractivity contribution in [2.75, 3.05) is 0 Å². The van der Waals surface area contributed by atoms with Crippen LogP contribution in [0.15, 0.2) is 18.2 Å². The molecule has 30 heavy (non-hydrogen) atoms. The molecule has 1 aromatic carbocycles. The smallest absolute Gasteiger partial charge is 0.115 e. The first kappa shape index (κ1) is 21.8. The second-order valence-corrected chi connectivity index (χ2v) is 10.9. The molecule has 3 N–H and O–H groups in total. The van der Waals surface area contributed by atoms with Gasteiger partial charge in [-0.1, -0.05) is 39.7 Å². The Bertz CT molecular complexity index is 829. The third-order valence-corrected chi connectivity index (χ3v) is 9.49. The van der Waals surface area contributed by atoms with Crippen LogP contribution in [0.5, 0.6) is 5.75 Å². The van der Waals surface area contributed by atoms with Gasteiger partial charge in [-0.25, -0.2) is 0 Å². The topological polar surface area (TPSA) is 46.2 Å². The lowest BCUT2D eigenvalue weighted by Gasteiger charge is -2.52. The molecule has 0 heterocycles. The van der Waals surface area contributed by atoms with Crippen molar-refractivity contribution in [1.82, 2.24) is 0 Å². The molecule has 0 saturated heterocycles. The SMILES string of the molecule is CCC(N)(C#CC[C@@H](C)[C@H]1CC[C@H]2[C@@H]3CCc4cc(O)ccc4[C@H]3CC[C@]12C)CC. The number of phenols is 1. The Morgan fingerprint density at radius 1 is 1.20 bits per heavy atom. The minimum absolute atomic E-state index is 0.302. The van der Waals surface area contributed by atoms with Gasteiger partial charge in [0, 0.05) is 6.42 Å². The molecular formula is C28H41NO. The van der Waals surface area contributed by atoms with E-state index in [0.717, 1.165) is 43.4 Å². The zero-order chi connectivity index (χ0) is 21.5. The first-order chi connectivity index (χ1) is 14.3. The molecule has 0 aromatic heterocycles. The number of fused-ring (bicyclic) bond motifs is 5. The molecule has 6 atom stereocenters. The third-order valence-electron chi connectivity index (χ3n) is 9.49. The second kappa shape index (κ2) is 8.23. The predicted octanol–water partition coefficient (Wildman–Crippen LogP) is 6.41. The Balaban J connectivity index is 1.49. The van der Waals surface area contributed by atoms with Crippen molar-refractivity contribution in [3.05, 3.63) is 29.3 Å². The summed E-state index contributed by atoms with van der Waals surface area (Å²) in [6, 6.07) is 6.13. The molecule has 4 rings (SSSR count). The lowest BCUT2D eigenvalue weighted by Crippen LogP contribution is -2.43. The molecule has 0 unspecified atom stereocenters. The molecular weight excluding hydrogens is 366 g/mol. The minimum Gasteiger partial charge on any atom is -0.508 e. The van der Waals surface area contributed by atoms with Gasteiger partial charge in [0.1, 0.15) is 5.75 Å². The van der Waals surface area contributed by atoms with Crippen LogP contribution in [-0.2, 0) is 6.42 Å². The average Bonchev–Trinajstić information content (AvgIpc) is 3.10. The number of benzene rings is 1. The largest absolute Gasteiger partial charge is 0.508 e. The van der Waals surface area contributed by atoms with Crippen LogP contribution in [-0.4, -0.2) is 10.6 Å². The first-order valence-electron chi connectivity index (χ1n) is 12.4. The summed E-state index contributed by atoms with van der Waals surface area (Å²) in [5.41, 5.74) is 9.50. The molecule has 0 bridgehead atoms. The normalized spacial score (nSPS) is 33.6. The molecule has 0 radical (unpaired) electrons. The molecule has 0 spiro atoms. The Kier molecular flexibility index (Phi) is 5.97. The molecule has 1 aromatic rings. The van der Waals surface area contributed by atoms with Gasteiger partial charge >= 0.3 is 0 Å². The van der Waals surface area contributed by atoms with Crippen LogP contribution in [0.4, 0.5) is 0 Å². The minimum atomic E-state index is -0.302. The summed E-state index contributed by atoms with van der Waals surface area (Å²) in [6.45, 7) is 9.33. The molecule has 2 saturated carbocycles. The fourth-order valence-corrected chi connectivity index (χ4v) is 7.50. The van der Waals surface area contributed by atoms with Gasteiger partial charge < -0.3 is 10.8 Å². The van der Waals surface area contributed by atoms with Crippen LogP contribution in [0, 0.1) is 40.9 Å². The highest BCUT2D eigenvalue weighted by molar-refractivity contribution is 5.40. The van der Waals surface area contributed by atoms with E-state index in [0.29, 0.717) is 23.0 Å².